The van der Waals surface area contributed by atoms with E-state index in [9.17, 15) is 9.18 Å². The van der Waals surface area contributed by atoms with E-state index in [1.54, 1.807) is 6.07 Å². The Hall–Kier alpha value is -2.40. The predicted octanol–water partition coefficient (Wildman–Crippen LogP) is 4.89. The molecular weight excluding hydrogens is 379 g/mol. The minimum atomic E-state index is -0.506. The van der Waals surface area contributed by atoms with Crippen molar-refractivity contribution in [2.75, 3.05) is 18.6 Å². The van der Waals surface area contributed by atoms with Crippen molar-refractivity contribution in [1.82, 2.24) is 5.32 Å². The maximum absolute atomic E-state index is 14.6. The molecular formula is C25H33FN2O2. The number of hydrogen-bond donors (Lipinski definition) is 1. The molecule has 3 rings (SSSR count). The van der Waals surface area contributed by atoms with Crippen molar-refractivity contribution in [3.63, 3.8) is 0 Å². The molecule has 0 aliphatic carbocycles. The number of ether oxygens (including phenoxy) is 1. The van der Waals surface area contributed by atoms with Gasteiger partial charge in [-0.2, -0.15) is 0 Å². The van der Waals surface area contributed by atoms with E-state index in [0.29, 0.717) is 12.1 Å². The van der Waals surface area contributed by atoms with Crippen molar-refractivity contribution in [2.24, 2.45) is 0 Å². The zero-order chi connectivity index (χ0) is 21.9. The second kappa shape index (κ2) is 9.17. The van der Waals surface area contributed by atoms with Crippen molar-refractivity contribution in [3.8, 4) is 0 Å². The van der Waals surface area contributed by atoms with Crippen LogP contribution < -0.4 is 10.2 Å². The standard InChI is InChI=1S/C25H33FN2O2/c1-6-28(23-13-21(26)12-22(19(23)4)24(29)30-5)25(14-17(2)27-18(3)15-25)16-20-10-8-7-9-11-20/h7-13,17-18,27H,6,14-16H2,1-5H3/t17-,18+,25+. The SMILES string of the molecule is CCN(c1cc(F)cc(C(=O)OC)c1C)[C@@]1(Cc2ccccc2)C[C@@H](C)N[C@@H](C)C1. The van der Waals surface area contributed by atoms with Crippen molar-refractivity contribution in [2.45, 2.75) is 64.6 Å². The quantitative estimate of drug-likeness (QED) is 0.686. The normalized spacial score (nSPS) is 23.8. The van der Waals surface area contributed by atoms with E-state index < -0.39 is 11.8 Å². The summed E-state index contributed by atoms with van der Waals surface area (Å²) in [6.07, 6.45) is 2.73. The summed E-state index contributed by atoms with van der Waals surface area (Å²) < 4.78 is 19.5. The second-order valence-electron chi connectivity index (χ2n) is 8.60. The lowest BCUT2D eigenvalue weighted by Gasteiger charge is -2.52. The molecule has 0 aromatic heterocycles. The van der Waals surface area contributed by atoms with Gasteiger partial charge in [0.2, 0.25) is 0 Å². The molecule has 3 atom stereocenters. The van der Waals surface area contributed by atoms with Gasteiger partial charge in [0.15, 0.2) is 0 Å². The Labute approximate surface area is 179 Å². The number of methoxy groups -OCH3 is 1. The summed E-state index contributed by atoms with van der Waals surface area (Å²) in [5.74, 6) is -0.923. The van der Waals surface area contributed by atoms with Crippen LogP contribution in [-0.2, 0) is 11.2 Å². The number of piperidine rings is 1. The molecule has 2 aromatic rings. The van der Waals surface area contributed by atoms with Crippen molar-refractivity contribution < 1.29 is 13.9 Å². The van der Waals surface area contributed by atoms with Gasteiger partial charge in [0.25, 0.3) is 0 Å². The van der Waals surface area contributed by atoms with Gasteiger partial charge in [0.1, 0.15) is 5.82 Å². The van der Waals surface area contributed by atoms with Crippen LogP contribution in [0.25, 0.3) is 0 Å². The Kier molecular flexibility index (Phi) is 6.81. The number of rotatable bonds is 6. The smallest absolute Gasteiger partial charge is 0.338 e. The molecule has 1 fully saturated rings. The summed E-state index contributed by atoms with van der Waals surface area (Å²) in [5, 5.41) is 3.64. The van der Waals surface area contributed by atoms with Crippen LogP contribution in [-0.4, -0.2) is 37.2 Å². The lowest BCUT2D eigenvalue weighted by Crippen LogP contribution is -2.61. The minimum Gasteiger partial charge on any atom is -0.465 e. The Morgan fingerprint density at radius 2 is 1.83 bits per heavy atom. The molecule has 0 amide bonds. The molecule has 0 unspecified atom stereocenters. The first kappa shape index (κ1) is 22.3. The van der Waals surface area contributed by atoms with Crippen LogP contribution in [0.5, 0.6) is 0 Å². The maximum Gasteiger partial charge on any atom is 0.338 e. The largest absolute Gasteiger partial charge is 0.465 e. The van der Waals surface area contributed by atoms with Crippen LogP contribution in [0, 0.1) is 12.7 Å². The number of nitrogens with one attached hydrogen (secondary N) is 1. The van der Waals surface area contributed by atoms with Crippen LogP contribution in [0.4, 0.5) is 10.1 Å². The topological polar surface area (TPSA) is 41.6 Å². The fourth-order valence-electron chi connectivity index (χ4n) is 5.29. The van der Waals surface area contributed by atoms with Crippen LogP contribution in [0.1, 0.15) is 55.1 Å². The summed E-state index contributed by atoms with van der Waals surface area (Å²) in [6, 6.07) is 14.0. The number of anilines is 1. The molecule has 4 nitrogen and oxygen atoms in total. The fourth-order valence-corrected chi connectivity index (χ4v) is 5.29. The summed E-state index contributed by atoms with van der Waals surface area (Å²) in [4.78, 5) is 14.6. The number of carbonyl (C=O) groups excluding carboxylic acids is 1. The van der Waals surface area contributed by atoms with E-state index in [0.717, 1.165) is 37.1 Å². The number of halogens is 1. The Bertz CT molecular complexity index is 874. The van der Waals surface area contributed by atoms with E-state index in [2.05, 4.69) is 55.3 Å². The highest BCUT2D eigenvalue weighted by Crippen LogP contribution is 2.40. The number of carbonyl (C=O) groups is 1. The van der Waals surface area contributed by atoms with Gasteiger partial charge >= 0.3 is 5.97 Å². The highest BCUT2D eigenvalue weighted by Gasteiger charge is 2.43. The minimum absolute atomic E-state index is 0.188. The predicted molar refractivity (Wildman–Crippen MR) is 120 cm³/mol. The van der Waals surface area contributed by atoms with Gasteiger partial charge in [-0.25, -0.2) is 9.18 Å². The highest BCUT2D eigenvalue weighted by molar-refractivity contribution is 5.93. The molecule has 1 N–H and O–H groups in total. The lowest BCUT2D eigenvalue weighted by atomic mass is 9.75. The molecule has 5 heteroatoms. The molecule has 1 heterocycles. The molecule has 1 saturated heterocycles. The molecule has 2 aromatic carbocycles. The van der Waals surface area contributed by atoms with Gasteiger partial charge in [-0.1, -0.05) is 30.3 Å². The number of benzene rings is 2. The van der Waals surface area contributed by atoms with Gasteiger partial charge in [-0.05, 0) is 70.2 Å². The van der Waals surface area contributed by atoms with E-state index in [1.807, 2.05) is 13.0 Å². The third-order valence-corrected chi connectivity index (χ3v) is 6.25. The summed E-state index contributed by atoms with van der Waals surface area (Å²) in [6.45, 7) is 9.13. The van der Waals surface area contributed by atoms with Gasteiger partial charge in [0, 0.05) is 29.9 Å². The Morgan fingerprint density at radius 1 is 1.20 bits per heavy atom. The average Bonchev–Trinajstić information content (AvgIpc) is 2.70. The van der Waals surface area contributed by atoms with E-state index >= 15 is 0 Å². The molecule has 0 spiro atoms. The number of likely N-dealkylation sites (N-methyl/N-ethyl adjacent to an activating group) is 1. The van der Waals surface area contributed by atoms with E-state index in [4.69, 9.17) is 4.74 Å². The van der Waals surface area contributed by atoms with Gasteiger partial charge in [-0.15, -0.1) is 0 Å². The van der Waals surface area contributed by atoms with Crippen LogP contribution in [0.15, 0.2) is 42.5 Å². The second-order valence-corrected chi connectivity index (χ2v) is 8.60. The van der Waals surface area contributed by atoms with Crippen LogP contribution >= 0.6 is 0 Å². The first-order chi connectivity index (χ1) is 14.3. The van der Waals surface area contributed by atoms with Gasteiger partial charge < -0.3 is 15.0 Å². The van der Waals surface area contributed by atoms with E-state index in [1.165, 1.54) is 18.7 Å². The molecule has 1 aliphatic rings. The summed E-state index contributed by atoms with van der Waals surface area (Å²) >= 11 is 0. The average molecular weight is 413 g/mol. The molecule has 0 saturated carbocycles. The van der Waals surface area contributed by atoms with Crippen molar-refractivity contribution in [1.29, 1.82) is 0 Å². The number of esters is 1. The third-order valence-electron chi connectivity index (χ3n) is 6.25. The first-order valence-electron chi connectivity index (χ1n) is 10.8. The first-order valence-corrected chi connectivity index (χ1v) is 10.8. The summed E-state index contributed by atoms with van der Waals surface area (Å²) in [7, 11) is 1.33. The molecule has 162 valence electrons. The molecule has 0 radical (unpaired) electrons. The Morgan fingerprint density at radius 3 is 2.40 bits per heavy atom. The maximum atomic E-state index is 14.6. The summed E-state index contributed by atoms with van der Waals surface area (Å²) in [5.41, 5.74) is 2.90. The van der Waals surface area contributed by atoms with Crippen molar-refractivity contribution in [3.05, 3.63) is 65.0 Å². The monoisotopic (exact) mass is 412 g/mol. The van der Waals surface area contributed by atoms with E-state index in [-0.39, 0.29) is 11.1 Å². The fraction of sp³-hybridized carbons (Fsp3) is 0.480. The lowest BCUT2D eigenvalue weighted by molar-refractivity contribution is 0.0599. The number of nitrogens with zero attached hydrogens (tertiary/aromatic N) is 1. The highest BCUT2D eigenvalue weighted by atomic mass is 19.1. The van der Waals surface area contributed by atoms with Gasteiger partial charge in [0.05, 0.1) is 12.7 Å². The zero-order valence-corrected chi connectivity index (χ0v) is 18.7. The third kappa shape index (κ3) is 4.51. The van der Waals surface area contributed by atoms with Crippen LogP contribution in [0.2, 0.25) is 0 Å². The Balaban J connectivity index is 2.14. The molecule has 0 bridgehead atoms. The van der Waals surface area contributed by atoms with Crippen LogP contribution in [0.3, 0.4) is 0 Å². The molecule has 30 heavy (non-hydrogen) atoms. The zero-order valence-electron chi connectivity index (χ0n) is 18.7. The molecule has 1 aliphatic heterocycles. The number of hydrogen-bond acceptors (Lipinski definition) is 4. The van der Waals surface area contributed by atoms with Gasteiger partial charge in [-0.3, -0.25) is 0 Å². The van der Waals surface area contributed by atoms with Crippen molar-refractivity contribution >= 4 is 11.7 Å².